The summed E-state index contributed by atoms with van der Waals surface area (Å²) in [6.45, 7) is 3.52. The summed E-state index contributed by atoms with van der Waals surface area (Å²) in [5.74, 6) is -2.15. The van der Waals surface area contributed by atoms with Crippen LogP contribution in [0.25, 0.3) is 11.8 Å². The van der Waals surface area contributed by atoms with E-state index in [1.807, 2.05) is 11.5 Å². The van der Waals surface area contributed by atoms with Gasteiger partial charge in [-0.15, -0.1) is 0 Å². The van der Waals surface area contributed by atoms with Crippen molar-refractivity contribution in [3.05, 3.63) is 82.6 Å². The number of carboxylic acids is 1. The van der Waals surface area contributed by atoms with Crippen LogP contribution in [0.5, 0.6) is 0 Å². The molecule has 0 radical (unpaired) electrons. The van der Waals surface area contributed by atoms with Crippen molar-refractivity contribution >= 4 is 29.9 Å². The van der Waals surface area contributed by atoms with E-state index in [1.165, 1.54) is 18.4 Å². The molecule has 0 bridgehead atoms. The van der Waals surface area contributed by atoms with Crippen LogP contribution < -0.4 is 5.32 Å². The quantitative estimate of drug-likeness (QED) is 0.471. The summed E-state index contributed by atoms with van der Waals surface area (Å²) in [6.07, 6.45) is 2.86. The minimum Gasteiger partial charge on any atom is -0.478 e. The van der Waals surface area contributed by atoms with Gasteiger partial charge in [-0.2, -0.15) is 0 Å². The summed E-state index contributed by atoms with van der Waals surface area (Å²) in [4.78, 5) is 49.8. The monoisotopic (exact) mass is 433 g/mol. The lowest BCUT2D eigenvalue weighted by Crippen LogP contribution is -2.53. The van der Waals surface area contributed by atoms with Gasteiger partial charge in [-0.05, 0) is 61.9 Å². The van der Waals surface area contributed by atoms with Gasteiger partial charge >= 0.3 is 12.0 Å². The third-order valence-corrected chi connectivity index (χ3v) is 5.20. The van der Waals surface area contributed by atoms with E-state index >= 15 is 0 Å². The molecule has 1 fully saturated rings. The molecule has 32 heavy (non-hydrogen) atoms. The zero-order chi connectivity index (χ0) is 23.0. The second-order valence-corrected chi connectivity index (χ2v) is 7.31. The van der Waals surface area contributed by atoms with Gasteiger partial charge in [-0.25, -0.2) is 9.59 Å². The zero-order valence-electron chi connectivity index (χ0n) is 17.3. The topological polar surface area (TPSA) is 122 Å². The summed E-state index contributed by atoms with van der Waals surface area (Å²) in [5.41, 5.74) is 2.67. The standard InChI is InChI=1S/C23H19N3O6/c1-13-9-16(14(2)26(13)17-6-3-5-15(10-17)22(29)30)11-19-20(27)24-23(31)25(21(19)28)12-18-7-4-8-32-18/h3-11H,12H2,1-2H3,(H,29,30)(H,24,27,31)/b19-11+. The molecule has 2 aromatic heterocycles. The molecule has 3 aromatic rings. The molecule has 162 valence electrons. The van der Waals surface area contributed by atoms with E-state index < -0.39 is 23.8 Å². The van der Waals surface area contributed by atoms with Crippen LogP contribution in [-0.4, -0.2) is 38.4 Å². The molecule has 0 spiro atoms. The summed E-state index contributed by atoms with van der Waals surface area (Å²) >= 11 is 0. The van der Waals surface area contributed by atoms with Crippen LogP contribution in [0.2, 0.25) is 0 Å². The Kier molecular flexibility index (Phi) is 5.23. The maximum Gasteiger partial charge on any atom is 0.335 e. The Morgan fingerprint density at radius 3 is 2.59 bits per heavy atom. The molecular weight excluding hydrogens is 414 g/mol. The fourth-order valence-electron chi connectivity index (χ4n) is 3.66. The third kappa shape index (κ3) is 3.71. The van der Waals surface area contributed by atoms with Crippen LogP contribution >= 0.6 is 0 Å². The number of imide groups is 2. The van der Waals surface area contributed by atoms with Crippen LogP contribution in [-0.2, 0) is 16.1 Å². The number of hydrogen-bond donors (Lipinski definition) is 2. The predicted molar refractivity (Wildman–Crippen MR) is 113 cm³/mol. The number of carbonyl (C=O) groups excluding carboxylic acids is 3. The minimum absolute atomic E-state index is 0.108. The summed E-state index contributed by atoms with van der Waals surface area (Å²) < 4.78 is 7.03. The van der Waals surface area contributed by atoms with E-state index in [9.17, 15) is 24.3 Å². The number of carboxylic acid groups (broad SMARTS) is 1. The van der Waals surface area contributed by atoms with Gasteiger partial charge in [0, 0.05) is 17.1 Å². The highest BCUT2D eigenvalue weighted by Crippen LogP contribution is 2.25. The van der Waals surface area contributed by atoms with Gasteiger partial charge in [0.25, 0.3) is 11.8 Å². The summed E-state index contributed by atoms with van der Waals surface area (Å²) in [6, 6.07) is 10.7. The molecule has 9 heteroatoms. The lowest BCUT2D eigenvalue weighted by molar-refractivity contribution is -0.130. The van der Waals surface area contributed by atoms with E-state index in [1.54, 1.807) is 43.3 Å². The van der Waals surface area contributed by atoms with E-state index in [-0.39, 0.29) is 17.7 Å². The molecule has 4 rings (SSSR count). The Hall–Kier alpha value is -4.40. The fourth-order valence-corrected chi connectivity index (χ4v) is 3.66. The first kappa shape index (κ1) is 20.9. The average molecular weight is 433 g/mol. The Morgan fingerprint density at radius 1 is 1.12 bits per heavy atom. The third-order valence-electron chi connectivity index (χ3n) is 5.20. The zero-order valence-corrected chi connectivity index (χ0v) is 17.3. The van der Waals surface area contributed by atoms with Gasteiger partial charge in [-0.1, -0.05) is 6.07 Å². The molecule has 4 amide bonds. The molecule has 1 aliphatic rings. The van der Waals surface area contributed by atoms with Crippen LogP contribution in [0.4, 0.5) is 4.79 Å². The van der Waals surface area contributed by atoms with Gasteiger partial charge in [0.15, 0.2) is 0 Å². The first-order valence-corrected chi connectivity index (χ1v) is 9.70. The predicted octanol–water partition coefficient (Wildman–Crippen LogP) is 3.05. The lowest BCUT2D eigenvalue weighted by Gasteiger charge is -2.25. The summed E-state index contributed by atoms with van der Waals surface area (Å²) in [7, 11) is 0. The Morgan fingerprint density at radius 2 is 1.91 bits per heavy atom. The second-order valence-electron chi connectivity index (χ2n) is 7.31. The first-order chi connectivity index (χ1) is 15.3. The van der Waals surface area contributed by atoms with Gasteiger partial charge in [0.05, 0.1) is 18.4 Å². The number of aromatic nitrogens is 1. The van der Waals surface area contributed by atoms with Crippen molar-refractivity contribution in [3.8, 4) is 5.69 Å². The first-order valence-electron chi connectivity index (χ1n) is 9.70. The lowest BCUT2D eigenvalue weighted by atomic mass is 10.1. The number of carbonyl (C=O) groups is 4. The molecule has 1 aliphatic heterocycles. The molecule has 0 unspecified atom stereocenters. The number of furan rings is 1. The maximum atomic E-state index is 12.9. The van der Waals surface area contributed by atoms with Crippen molar-refractivity contribution in [2.24, 2.45) is 0 Å². The number of aromatic carboxylic acids is 1. The number of amides is 4. The molecule has 9 nitrogen and oxygen atoms in total. The van der Waals surface area contributed by atoms with E-state index in [2.05, 4.69) is 5.32 Å². The maximum absolute atomic E-state index is 12.9. The summed E-state index contributed by atoms with van der Waals surface area (Å²) in [5, 5.41) is 11.5. The van der Waals surface area contributed by atoms with Gasteiger partial charge in [0.1, 0.15) is 11.3 Å². The number of benzene rings is 1. The smallest absolute Gasteiger partial charge is 0.335 e. The van der Waals surface area contributed by atoms with Crippen molar-refractivity contribution in [2.75, 3.05) is 0 Å². The average Bonchev–Trinajstić information content (AvgIpc) is 3.36. The number of nitrogens with zero attached hydrogens (tertiary/aromatic N) is 2. The Bertz CT molecular complexity index is 1280. The fraction of sp³-hybridized carbons (Fsp3) is 0.130. The van der Waals surface area contributed by atoms with Crippen molar-refractivity contribution in [3.63, 3.8) is 0 Å². The largest absolute Gasteiger partial charge is 0.478 e. The highest BCUT2D eigenvalue weighted by molar-refractivity contribution is 6.31. The Balaban J connectivity index is 1.71. The Labute approximate surface area is 182 Å². The van der Waals surface area contributed by atoms with Gasteiger partial charge < -0.3 is 14.1 Å². The van der Waals surface area contributed by atoms with Crippen LogP contribution in [0.15, 0.2) is 58.7 Å². The number of hydrogen-bond acceptors (Lipinski definition) is 5. The molecule has 3 heterocycles. The number of urea groups is 1. The van der Waals surface area contributed by atoms with Crippen molar-refractivity contribution in [2.45, 2.75) is 20.4 Å². The van der Waals surface area contributed by atoms with Crippen molar-refractivity contribution in [1.82, 2.24) is 14.8 Å². The van der Waals surface area contributed by atoms with Crippen LogP contribution in [0, 0.1) is 13.8 Å². The molecule has 1 aromatic carbocycles. The van der Waals surface area contributed by atoms with Crippen molar-refractivity contribution in [1.29, 1.82) is 0 Å². The molecule has 0 aliphatic carbocycles. The van der Waals surface area contributed by atoms with E-state index in [0.717, 1.165) is 10.6 Å². The SMILES string of the molecule is Cc1cc(/C=C2\C(=O)NC(=O)N(Cc3ccco3)C2=O)c(C)n1-c1cccc(C(=O)O)c1. The van der Waals surface area contributed by atoms with Crippen LogP contribution in [0.3, 0.4) is 0 Å². The highest BCUT2D eigenvalue weighted by atomic mass is 16.4. The number of nitrogens with one attached hydrogen (secondary N) is 1. The molecule has 0 atom stereocenters. The van der Waals surface area contributed by atoms with Crippen LogP contribution in [0.1, 0.15) is 33.1 Å². The molecule has 1 saturated heterocycles. The van der Waals surface area contributed by atoms with E-state index in [0.29, 0.717) is 22.7 Å². The normalized spacial score (nSPS) is 15.4. The van der Waals surface area contributed by atoms with Gasteiger partial charge in [0.2, 0.25) is 0 Å². The highest BCUT2D eigenvalue weighted by Gasteiger charge is 2.36. The van der Waals surface area contributed by atoms with Gasteiger partial charge in [-0.3, -0.25) is 19.8 Å². The second kappa shape index (κ2) is 8.03. The molecular formula is C23H19N3O6. The number of barbiturate groups is 1. The van der Waals surface area contributed by atoms with Crippen molar-refractivity contribution < 1.29 is 28.7 Å². The number of aryl methyl sites for hydroxylation is 1. The minimum atomic E-state index is -1.04. The molecule has 0 saturated carbocycles. The van der Waals surface area contributed by atoms with E-state index in [4.69, 9.17) is 4.42 Å². The number of rotatable bonds is 5. The molecule has 2 N–H and O–H groups in total.